The summed E-state index contributed by atoms with van der Waals surface area (Å²) in [4.78, 5) is 13.6. The van der Waals surface area contributed by atoms with E-state index in [1.165, 1.54) is 0 Å². The first kappa shape index (κ1) is 10.0. The Morgan fingerprint density at radius 2 is 2.20 bits per heavy atom. The molecule has 0 aliphatic carbocycles. The number of anilines is 2. The van der Waals surface area contributed by atoms with Crippen molar-refractivity contribution in [1.29, 1.82) is 0 Å². The third kappa shape index (κ3) is 2.12. The monoisotopic (exact) mass is 204 g/mol. The number of rotatable bonds is 3. The molecule has 1 heterocycles. The van der Waals surface area contributed by atoms with E-state index in [-0.39, 0.29) is 5.91 Å². The van der Waals surface area contributed by atoms with Gasteiger partial charge >= 0.3 is 0 Å². The molecule has 3 nitrogen and oxygen atoms in total. The summed E-state index contributed by atoms with van der Waals surface area (Å²) in [5.74, 6) is 0.0878. The second-order valence-corrected chi connectivity index (χ2v) is 3.84. The SMILES string of the molecule is CCCCN1CC(=O)Nc2ccccc21. The van der Waals surface area contributed by atoms with Gasteiger partial charge in [-0.15, -0.1) is 0 Å². The molecule has 80 valence electrons. The lowest BCUT2D eigenvalue weighted by Crippen LogP contribution is -2.38. The van der Waals surface area contributed by atoms with Crippen LogP contribution in [0.25, 0.3) is 0 Å². The van der Waals surface area contributed by atoms with Gasteiger partial charge in [-0.2, -0.15) is 0 Å². The van der Waals surface area contributed by atoms with Crippen molar-refractivity contribution in [2.75, 3.05) is 23.3 Å². The lowest BCUT2D eigenvalue weighted by molar-refractivity contribution is -0.115. The molecule has 3 heteroatoms. The Bertz CT molecular complexity index is 362. The summed E-state index contributed by atoms with van der Waals surface area (Å²) in [7, 11) is 0. The number of hydrogen-bond acceptors (Lipinski definition) is 2. The fourth-order valence-corrected chi connectivity index (χ4v) is 1.85. The number of amides is 1. The molecule has 1 aromatic carbocycles. The lowest BCUT2D eigenvalue weighted by atomic mass is 10.2. The smallest absolute Gasteiger partial charge is 0.243 e. The number of benzene rings is 1. The molecule has 0 unspecified atom stereocenters. The molecular formula is C12H16N2O. The van der Waals surface area contributed by atoms with Gasteiger partial charge in [-0.05, 0) is 18.6 Å². The topological polar surface area (TPSA) is 32.3 Å². The van der Waals surface area contributed by atoms with Crippen molar-refractivity contribution in [2.24, 2.45) is 0 Å². The van der Waals surface area contributed by atoms with Crippen LogP contribution in [0.1, 0.15) is 19.8 Å². The maximum absolute atomic E-state index is 11.4. The third-order valence-electron chi connectivity index (χ3n) is 2.63. The molecule has 0 saturated heterocycles. The van der Waals surface area contributed by atoms with Crippen molar-refractivity contribution in [3.63, 3.8) is 0 Å². The Morgan fingerprint density at radius 3 is 3.00 bits per heavy atom. The van der Waals surface area contributed by atoms with Crippen molar-refractivity contribution in [2.45, 2.75) is 19.8 Å². The fourth-order valence-electron chi connectivity index (χ4n) is 1.85. The number of carbonyl (C=O) groups excluding carboxylic acids is 1. The van der Waals surface area contributed by atoms with Crippen LogP contribution in [0.15, 0.2) is 24.3 Å². The average molecular weight is 204 g/mol. The summed E-state index contributed by atoms with van der Waals surface area (Å²) < 4.78 is 0. The lowest BCUT2D eigenvalue weighted by Gasteiger charge is -2.30. The van der Waals surface area contributed by atoms with E-state index in [0.29, 0.717) is 6.54 Å². The van der Waals surface area contributed by atoms with Gasteiger partial charge in [0.25, 0.3) is 0 Å². The molecule has 1 aliphatic rings. The highest BCUT2D eigenvalue weighted by Gasteiger charge is 2.20. The summed E-state index contributed by atoms with van der Waals surface area (Å²) in [6, 6.07) is 7.97. The van der Waals surface area contributed by atoms with Crippen molar-refractivity contribution in [3.8, 4) is 0 Å². The Morgan fingerprint density at radius 1 is 1.40 bits per heavy atom. The van der Waals surface area contributed by atoms with E-state index in [9.17, 15) is 4.79 Å². The molecule has 0 saturated carbocycles. The van der Waals surface area contributed by atoms with Crippen LogP contribution in [0, 0.1) is 0 Å². The fraction of sp³-hybridized carbons (Fsp3) is 0.417. The zero-order valence-corrected chi connectivity index (χ0v) is 8.99. The molecule has 1 amide bonds. The van der Waals surface area contributed by atoms with Gasteiger partial charge in [0.05, 0.1) is 17.9 Å². The first-order valence-electron chi connectivity index (χ1n) is 5.45. The highest BCUT2D eigenvalue weighted by molar-refractivity contribution is 6.01. The molecule has 0 fully saturated rings. The minimum absolute atomic E-state index is 0.0878. The number of unbranched alkanes of at least 4 members (excludes halogenated alkanes) is 1. The van der Waals surface area contributed by atoms with Crippen molar-refractivity contribution < 1.29 is 4.79 Å². The van der Waals surface area contributed by atoms with Crippen LogP contribution in [-0.4, -0.2) is 19.0 Å². The zero-order valence-electron chi connectivity index (χ0n) is 8.99. The molecule has 0 aromatic heterocycles. The van der Waals surface area contributed by atoms with Gasteiger partial charge in [0, 0.05) is 6.54 Å². The number of carbonyl (C=O) groups is 1. The van der Waals surface area contributed by atoms with E-state index < -0.39 is 0 Å². The van der Waals surface area contributed by atoms with Crippen LogP contribution in [0.5, 0.6) is 0 Å². The maximum Gasteiger partial charge on any atom is 0.243 e. The maximum atomic E-state index is 11.4. The number of fused-ring (bicyclic) bond motifs is 1. The standard InChI is InChI=1S/C12H16N2O/c1-2-3-8-14-9-12(15)13-10-6-4-5-7-11(10)14/h4-7H,2-3,8-9H2,1H3,(H,13,15). The van der Waals surface area contributed by atoms with Crippen LogP contribution in [0.3, 0.4) is 0 Å². The summed E-state index contributed by atoms with van der Waals surface area (Å²) >= 11 is 0. The summed E-state index contributed by atoms with van der Waals surface area (Å²) in [6.45, 7) is 3.61. The van der Waals surface area contributed by atoms with Crippen LogP contribution >= 0.6 is 0 Å². The first-order valence-corrected chi connectivity index (χ1v) is 5.45. The predicted molar refractivity (Wildman–Crippen MR) is 62.2 cm³/mol. The van der Waals surface area contributed by atoms with E-state index in [1.54, 1.807) is 0 Å². The van der Waals surface area contributed by atoms with Gasteiger partial charge in [-0.1, -0.05) is 25.5 Å². The Labute approximate surface area is 90.1 Å². The highest BCUT2D eigenvalue weighted by Crippen LogP contribution is 2.28. The predicted octanol–water partition coefficient (Wildman–Crippen LogP) is 2.25. The van der Waals surface area contributed by atoms with E-state index in [2.05, 4.69) is 23.2 Å². The van der Waals surface area contributed by atoms with E-state index >= 15 is 0 Å². The second kappa shape index (κ2) is 4.34. The second-order valence-electron chi connectivity index (χ2n) is 3.84. The molecule has 15 heavy (non-hydrogen) atoms. The van der Waals surface area contributed by atoms with Crippen molar-refractivity contribution >= 4 is 17.3 Å². The van der Waals surface area contributed by atoms with Gasteiger partial charge in [0.15, 0.2) is 0 Å². The molecular weight excluding hydrogens is 188 g/mol. The van der Waals surface area contributed by atoms with Gasteiger partial charge in [-0.25, -0.2) is 0 Å². The number of para-hydroxylation sites is 2. The normalized spacial score (nSPS) is 14.7. The van der Waals surface area contributed by atoms with Gasteiger partial charge in [-0.3, -0.25) is 4.79 Å². The van der Waals surface area contributed by atoms with Gasteiger partial charge < -0.3 is 10.2 Å². The molecule has 0 radical (unpaired) electrons. The Balaban J connectivity index is 2.22. The largest absolute Gasteiger partial charge is 0.361 e. The number of nitrogens with one attached hydrogen (secondary N) is 1. The molecule has 1 N–H and O–H groups in total. The Kier molecular flexibility index (Phi) is 2.90. The van der Waals surface area contributed by atoms with Crippen LogP contribution in [0.4, 0.5) is 11.4 Å². The molecule has 0 bridgehead atoms. The third-order valence-corrected chi connectivity index (χ3v) is 2.63. The van der Waals surface area contributed by atoms with E-state index in [1.807, 2.05) is 18.2 Å². The van der Waals surface area contributed by atoms with E-state index in [4.69, 9.17) is 0 Å². The van der Waals surface area contributed by atoms with Gasteiger partial charge in [0.2, 0.25) is 5.91 Å². The van der Waals surface area contributed by atoms with Crippen molar-refractivity contribution in [1.82, 2.24) is 0 Å². The minimum Gasteiger partial charge on any atom is -0.361 e. The summed E-state index contributed by atoms with van der Waals surface area (Å²) in [5, 5.41) is 2.89. The molecule has 2 rings (SSSR count). The summed E-state index contributed by atoms with van der Waals surface area (Å²) in [5.41, 5.74) is 2.08. The summed E-state index contributed by atoms with van der Waals surface area (Å²) in [6.07, 6.45) is 2.28. The van der Waals surface area contributed by atoms with E-state index in [0.717, 1.165) is 30.8 Å². The quantitative estimate of drug-likeness (QED) is 0.819. The Hall–Kier alpha value is -1.51. The number of hydrogen-bond donors (Lipinski definition) is 1. The molecule has 0 spiro atoms. The van der Waals surface area contributed by atoms with Crippen molar-refractivity contribution in [3.05, 3.63) is 24.3 Å². The molecule has 1 aliphatic heterocycles. The van der Waals surface area contributed by atoms with Crippen LogP contribution in [-0.2, 0) is 4.79 Å². The van der Waals surface area contributed by atoms with Crippen LogP contribution < -0.4 is 10.2 Å². The molecule has 1 aromatic rings. The first-order chi connectivity index (χ1) is 7.31. The van der Waals surface area contributed by atoms with Crippen LogP contribution in [0.2, 0.25) is 0 Å². The average Bonchev–Trinajstić information content (AvgIpc) is 2.25. The highest BCUT2D eigenvalue weighted by atomic mass is 16.2. The zero-order chi connectivity index (χ0) is 10.7. The molecule has 0 atom stereocenters. The number of nitrogens with zero attached hydrogens (tertiary/aromatic N) is 1. The minimum atomic E-state index is 0.0878. The van der Waals surface area contributed by atoms with Gasteiger partial charge in [0.1, 0.15) is 0 Å².